The van der Waals surface area contributed by atoms with Gasteiger partial charge in [0.15, 0.2) is 0 Å². The lowest BCUT2D eigenvalue weighted by Crippen LogP contribution is -2.52. The fourth-order valence-electron chi connectivity index (χ4n) is 5.96. The summed E-state index contributed by atoms with van der Waals surface area (Å²) in [6.45, 7) is -0.106. The minimum atomic E-state index is -4.58. The lowest BCUT2D eigenvalue weighted by molar-refractivity contribution is -0.137. The summed E-state index contributed by atoms with van der Waals surface area (Å²) in [5.74, 6) is -0.314. The van der Waals surface area contributed by atoms with Crippen LogP contribution in [0.4, 0.5) is 18.0 Å². The Kier molecular flexibility index (Phi) is 8.87. The molecule has 0 bridgehead atoms. The van der Waals surface area contributed by atoms with Crippen LogP contribution < -0.4 is 10.1 Å². The van der Waals surface area contributed by atoms with Crippen LogP contribution in [-0.4, -0.2) is 61.1 Å². The first-order chi connectivity index (χ1) is 20.3. The minimum Gasteiger partial charge on any atom is -0.388 e. The SMILES string of the molecule is CN(C)C1(Cc2ccccc2)CCC(NC(=O)Oc2noc3c2CN(S(=O)(=O)Cc2cccc(C(F)(F)F)c2)CC3)CC1. The maximum Gasteiger partial charge on any atom is 0.416 e. The fourth-order valence-corrected chi connectivity index (χ4v) is 7.44. The molecule has 1 aliphatic heterocycles. The average molecular weight is 621 g/mol. The lowest BCUT2D eigenvalue weighted by atomic mass is 9.75. The molecule has 2 aliphatic rings. The first kappa shape index (κ1) is 31.0. The largest absolute Gasteiger partial charge is 0.416 e. The van der Waals surface area contributed by atoms with Gasteiger partial charge in [0.05, 0.1) is 16.9 Å². The molecule has 1 saturated carbocycles. The summed E-state index contributed by atoms with van der Waals surface area (Å²) in [5.41, 5.74) is 0.688. The first-order valence-corrected chi connectivity index (χ1v) is 15.8. The molecular weight excluding hydrogens is 585 g/mol. The van der Waals surface area contributed by atoms with Gasteiger partial charge in [0.1, 0.15) is 5.76 Å². The molecule has 1 fully saturated rings. The number of likely N-dealkylation sites (N-methyl/N-ethyl adjacent to an activating group) is 1. The number of hydrogen-bond acceptors (Lipinski definition) is 7. The molecule has 13 heteroatoms. The van der Waals surface area contributed by atoms with Gasteiger partial charge in [-0.1, -0.05) is 48.5 Å². The summed E-state index contributed by atoms with van der Waals surface area (Å²) >= 11 is 0. The van der Waals surface area contributed by atoms with Gasteiger partial charge < -0.3 is 19.5 Å². The number of alkyl halides is 3. The van der Waals surface area contributed by atoms with E-state index in [2.05, 4.69) is 41.6 Å². The van der Waals surface area contributed by atoms with Gasteiger partial charge in [-0.15, -0.1) is 0 Å². The van der Waals surface area contributed by atoms with Crippen molar-refractivity contribution in [3.05, 3.63) is 82.6 Å². The van der Waals surface area contributed by atoms with E-state index in [-0.39, 0.29) is 42.5 Å². The van der Waals surface area contributed by atoms with Gasteiger partial charge in [0, 0.05) is 31.1 Å². The normalized spacial score (nSPS) is 21.4. The number of hydrogen-bond donors (Lipinski definition) is 1. The Hall–Kier alpha value is -3.42. The number of sulfonamides is 1. The van der Waals surface area contributed by atoms with Crippen LogP contribution in [0.5, 0.6) is 5.88 Å². The number of carbonyl (C=O) groups excluding carboxylic acids is 1. The van der Waals surface area contributed by atoms with Crippen molar-refractivity contribution in [2.24, 2.45) is 0 Å². The number of rotatable bonds is 8. The topological polar surface area (TPSA) is 105 Å². The van der Waals surface area contributed by atoms with E-state index >= 15 is 0 Å². The molecule has 0 saturated heterocycles. The number of benzene rings is 2. The van der Waals surface area contributed by atoms with Crippen LogP contribution in [-0.2, 0) is 41.3 Å². The van der Waals surface area contributed by atoms with Crippen LogP contribution in [0, 0.1) is 0 Å². The average Bonchev–Trinajstić information content (AvgIpc) is 3.36. The van der Waals surface area contributed by atoms with Crippen LogP contribution >= 0.6 is 0 Å². The fraction of sp³-hybridized carbons (Fsp3) is 0.467. The predicted octanol–water partition coefficient (Wildman–Crippen LogP) is 5.16. The molecule has 1 aliphatic carbocycles. The van der Waals surface area contributed by atoms with Gasteiger partial charge in [0.2, 0.25) is 10.0 Å². The van der Waals surface area contributed by atoms with Crippen LogP contribution in [0.2, 0.25) is 0 Å². The van der Waals surface area contributed by atoms with Crippen LogP contribution in [0.15, 0.2) is 59.1 Å². The van der Waals surface area contributed by atoms with Crippen molar-refractivity contribution >= 4 is 16.1 Å². The quantitative estimate of drug-likeness (QED) is 0.371. The summed E-state index contributed by atoms with van der Waals surface area (Å²) in [6.07, 6.45) is -0.884. The molecule has 1 amide bonds. The van der Waals surface area contributed by atoms with E-state index < -0.39 is 33.6 Å². The third-order valence-electron chi connectivity index (χ3n) is 8.51. The maximum absolute atomic E-state index is 13.1. The predicted molar refractivity (Wildman–Crippen MR) is 153 cm³/mol. The highest BCUT2D eigenvalue weighted by Gasteiger charge is 2.38. The second kappa shape index (κ2) is 12.3. The van der Waals surface area contributed by atoms with E-state index in [0.29, 0.717) is 11.3 Å². The summed E-state index contributed by atoms with van der Waals surface area (Å²) in [4.78, 5) is 15.1. The molecule has 1 N–H and O–H groups in total. The highest BCUT2D eigenvalue weighted by molar-refractivity contribution is 7.88. The number of halogens is 3. The third kappa shape index (κ3) is 7.22. The summed E-state index contributed by atoms with van der Waals surface area (Å²) in [5, 5.41) is 6.76. The zero-order chi connectivity index (χ0) is 30.8. The monoisotopic (exact) mass is 620 g/mol. The second-order valence-electron chi connectivity index (χ2n) is 11.5. The highest BCUT2D eigenvalue weighted by atomic mass is 32.2. The molecule has 2 aromatic carbocycles. The smallest absolute Gasteiger partial charge is 0.388 e. The van der Waals surface area contributed by atoms with Crippen LogP contribution in [0.25, 0.3) is 0 Å². The van der Waals surface area contributed by atoms with Crippen molar-refractivity contribution in [2.75, 3.05) is 20.6 Å². The Morgan fingerprint density at radius 1 is 1.12 bits per heavy atom. The number of fused-ring (bicyclic) bond motifs is 1. The number of carbonyl (C=O) groups is 1. The number of aromatic nitrogens is 1. The number of ether oxygens (including phenoxy) is 1. The summed E-state index contributed by atoms with van der Waals surface area (Å²) < 4.78 is 77.5. The van der Waals surface area contributed by atoms with Gasteiger partial charge in [-0.2, -0.15) is 17.5 Å². The zero-order valence-electron chi connectivity index (χ0n) is 24.1. The number of nitrogens with one attached hydrogen (secondary N) is 1. The van der Waals surface area contributed by atoms with Crippen LogP contribution in [0.3, 0.4) is 0 Å². The van der Waals surface area contributed by atoms with Crippen molar-refractivity contribution in [3.63, 3.8) is 0 Å². The molecular formula is C30H35F3N4O5S. The molecule has 5 rings (SSSR count). The van der Waals surface area contributed by atoms with E-state index in [1.54, 1.807) is 0 Å². The lowest BCUT2D eigenvalue weighted by Gasteiger charge is -2.45. The molecule has 3 aromatic rings. The second-order valence-corrected chi connectivity index (χ2v) is 13.5. The Morgan fingerprint density at radius 2 is 1.81 bits per heavy atom. The summed E-state index contributed by atoms with van der Waals surface area (Å²) in [6, 6.07) is 14.5. The third-order valence-corrected chi connectivity index (χ3v) is 10.3. The molecule has 232 valence electrons. The molecule has 0 radical (unpaired) electrons. The van der Waals surface area contributed by atoms with E-state index in [9.17, 15) is 26.4 Å². The first-order valence-electron chi connectivity index (χ1n) is 14.2. The number of amides is 1. The molecule has 0 unspecified atom stereocenters. The molecule has 1 aromatic heterocycles. The van der Waals surface area contributed by atoms with Gasteiger partial charge >= 0.3 is 12.3 Å². The minimum absolute atomic E-state index is 0.0162. The van der Waals surface area contributed by atoms with Gasteiger partial charge in [-0.3, -0.25) is 0 Å². The Labute approximate surface area is 249 Å². The molecule has 9 nitrogen and oxygen atoms in total. The Balaban J connectivity index is 1.18. The van der Waals surface area contributed by atoms with Crippen molar-refractivity contribution in [3.8, 4) is 5.88 Å². The van der Waals surface area contributed by atoms with E-state index in [1.165, 1.54) is 17.7 Å². The van der Waals surface area contributed by atoms with Crippen molar-refractivity contribution in [1.29, 1.82) is 0 Å². The molecule has 43 heavy (non-hydrogen) atoms. The van der Waals surface area contributed by atoms with Crippen LogP contribution in [0.1, 0.15) is 53.7 Å². The van der Waals surface area contributed by atoms with Gasteiger partial charge in [0.25, 0.3) is 5.88 Å². The Bertz CT molecular complexity index is 1530. The maximum atomic E-state index is 13.1. The molecule has 2 heterocycles. The Morgan fingerprint density at radius 3 is 2.49 bits per heavy atom. The van der Waals surface area contributed by atoms with Gasteiger partial charge in [-0.25, -0.2) is 13.2 Å². The molecule has 0 atom stereocenters. The van der Waals surface area contributed by atoms with Crippen molar-refractivity contribution in [2.45, 2.75) is 68.6 Å². The highest BCUT2D eigenvalue weighted by Crippen LogP contribution is 2.36. The van der Waals surface area contributed by atoms with E-state index in [0.717, 1.165) is 48.5 Å². The van der Waals surface area contributed by atoms with E-state index in [4.69, 9.17) is 9.26 Å². The van der Waals surface area contributed by atoms with Gasteiger partial charge in [-0.05, 0) is 68.5 Å². The van der Waals surface area contributed by atoms with Crippen molar-refractivity contribution in [1.82, 2.24) is 19.7 Å². The zero-order valence-corrected chi connectivity index (χ0v) is 24.9. The summed E-state index contributed by atoms with van der Waals surface area (Å²) in [7, 11) is 0.179. The van der Waals surface area contributed by atoms with E-state index in [1.807, 2.05) is 18.2 Å². The molecule has 0 spiro atoms. The number of nitrogens with zero attached hydrogens (tertiary/aromatic N) is 3. The standard InChI is InChI=1S/C30H35F3N4O5S/c1-36(2)29(18-21-7-4-3-5-8-21)14-11-24(12-15-29)34-28(38)41-27-25-19-37(16-13-26(25)42-35-27)43(39,40)20-22-9-6-10-23(17-22)30(31,32)33/h3-10,17,24H,11-16,18-20H2,1-2H3,(H,34,38). The van der Waals surface area contributed by atoms with Crippen molar-refractivity contribution < 1.29 is 35.6 Å².